The van der Waals surface area contributed by atoms with E-state index in [1.165, 1.54) is 6.07 Å². The molecule has 0 aliphatic heterocycles. The van der Waals surface area contributed by atoms with Crippen molar-refractivity contribution in [2.24, 2.45) is 0 Å². The summed E-state index contributed by atoms with van der Waals surface area (Å²) in [6.45, 7) is 3.41. The molecule has 0 atom stereocenters. The van der Waals surface area contributed by atoms with Gasteiger partial charge in [-0.3, -0.25) is 0 Å². The highest BCUT2D eigenvalue weighted by Crippen LogP contribution is 2.29. The van der Waals surface area contributed by atoms with Gasteiger partial charge < -0.3 is 9.67 Å². The minimum absolute atomic E-state index is 0.0128. The van der Waals surface area contributed by atoms with Crippen molar-refractivity contribution in [2.45, 2.75) is 18.7 Å². The molecule has 1 heterocycles. The maximum Gasteiger partial charge on any atom is 0.336 e. The van der Waals surface area contributed by atoms with Crippen LogP contribution in [0.3, 0.4) is 0 Å². The SMILES string of the molecule is Cc1c(C(=O)O)cc(S(C)(=O)=O)c(-n2cccc2)c1C. The molecule has 6 heteroatoms. The molecule has 0 aliphatic carbocycles. The number of rotatable bonds is 3. The molecule has 2 aromatic rings. The molecule has 5 nitrogen and oxygen atoms in total. The number of nitrogens with zero attached hydrogens (tertiary/aromatic N) is 1. The lowest BCUT2D eigenvalue weighted by atomic mass is 10.0. The van der Waals surface area contributed by atoms with Crippen LogP contribution in [-0.4, -0.2) is 30.3 Å². The van der Waals surface area contributed by atoms with Crippen molar-refractivity contribution >= 4 is 15.8 Å². The average Bonchev–Trinajstić information content (AvgIpc) is 2.83. The fourth-order valence-corrected chi connectivity index (χ4v) is 3.12. The average molecular weight is 293 g/mol. The minimum atomic E-state index is -3.54. The van der Waals surface area contributed by atoms with Crippen molar-refractivity contribution in [1.82, 2.24) is 4.57 Å². The van der Waals surface area contributed by atoms with Crippen molar-refractivity contribution in [3.05, 3.63) is 47.3 Å². The molecule has 0 bridgehead atoms. The van der Waals surface area contributed by atoms with Gasteiger partial charge in [-0.25, -0.2) is 13.2 Å². The third-order valence-electron chi connectivity index (χ3n) is 3.32. The van der Waals surface area contributed by atoms with Gasteiger partial charge in [-0.15, -0.1) is 0 Å². The molecule has 0 radical (unpaired) electrons. The molecule has 1 aromatic carbocycles. The van der Waals surface area contributed by atoms with Crippen LogP contribution in [0.2, 0.25) is 0 Å². The van der Waals surface area contributed by atoms with Crippen LogP contribution in [0.1, 0.15) is 21.5 Å². The van der Waals surface area contributed by atoms with Crippen molar-refractivity contribution in [3.63, 3.8) is 0 Å². The maximum absolute atomic E-state index is 12.0. The Morgan fingerprint density at radius 1 is 1.15 bits per heavy atom. The summed E-state index contributed by atoms with van der Waals surface area (Å²) in [6, 6.07) is 4.80. The van der Waals surface area contributed by atoms with Gasteiger partial charge in [0.2, 0.25) is 0 Å². The first-order chi connectivity index (χ1) is 9.23. The van der Waals surface area contributed by atoms with Gasteiger partial charge in [0.05, 0.1) is 16.1 Å². The second-order valence-corrected chi connectivity index (χ2v) is 6.67. The molecule has 0 spiro atoms. The number of aromatic carboxylic acids is 1. The molecule has 1 aromatic heterocycles. The summed E-state index contributed by atoms with van der Waals surface area (Å²) in [4.78, 5) is 11.3. The highest BCUT2D eigenvalue weighted by atomic mass is 32.2. The van der Waals surface area contributed by atoms with Gasteiger partial charge >= 0.3 is 5.97 Å². The Labute approximate surface area is 117 Å². The minimum Gasteiger partial charge on any atom is -0.478 e. The van der Waals surface area contributed by atoms with E-state index < -0.39 is 15.8 Å². The standard InChI is InChI=1S/C14H15NO4S/c1-9-10(2)13(15-6-4-5-7-15)12(20(3,18)19)8-11(9)14(16)17/h4-8H,1-3H3,(H,16,17). The third-order valence-corrected chi connectivity index (χ3v) is 4.43. The molecule has 106 valence electrons. The van der Waals surface area contributed by atoms with E-state index in [-0.39, 0.29) is 10.5 Å². The molecule has 0 amide bonds. The highest BCUT2D eigenvalue weighted by molar-refractivity contribution is 7.90. The molecular weight excluding hydrogens is 278 g/mol. The Morgan fingerprint density at radius 3 is 2.15 bits per heavy atom. The van der Waals surface area contributed by atoms with Gasteiger partial charge in [0.25, 0.3) is 0 Å². The number of carboxylic acid groups (broad SMARTS) is 1. The summed E-state index contributed by atoms with van der Waals surface area (Å²) < 4.78 is 25.6. The molecule has 1 N–H and O–H groups in total. The van der Waals surface area contributed by atoms with Crippen LogP contribution in [0.4, 0.5) is 0 Å². The number of aromatic nitrogens is 1. The first-order valence-corrected chi connectivity index (χ1v) is 7.83. The van der Waals surface area contributed by atoms with E-state index in [9.17, 15) is 18.3 Å². The van der Waals surface area contributed by atoms with E-state index in [1.807, 2.05) is 0 Å². The fourth-order valence-electron chi connectivity index (χ4n) is 2.18. The molecule has 20 heavy (non-hydrogen) atoms. The zero-order valence-electron chi connectivity index (χ0n) is 11.4. The van der Waals surface area contributed by atoms with Gasteiger partial charge in [-0.05, 0) is 43.2 Å². The van der Waals surface area contributed by atoms with Crippen LogP contribution in [0.25, 0.3) is 5.69 Å². The van der Waals surface area contributed by atoms with Crippen molar-refractivity contribution in [2.75, 3.05) is 6.26 Å². The van der Waals surface area contributed by atoms with Gasteiger partial charge in [-0.1, -0.05) is 0 Å². The van der Waals surface area contributed by atoms with Gasteiger partial charge in [0.15, 0.2) is 9.84 Å². The Hall–Kier alpha value is -2.08. The Balaban J connectivity index is 2.93. The van der Waals surface area contributed by atoms with Crippen LogP contribution in [-0.2, 0) is 9.84 Å². The lowest BCUT2D eigenvalue weighted by Crippen LogP contribution is -2.12. The number of sulfone groups is 1. The fraction of sp³-hybridized carbons (Fsp3) is 0.214. The lowest BCUT2D eigenvalue weighted by Gasteiger charge is -2.17. The summed E-state index contributed by atoms with van der Waals surface area (Å²) in [7, 11) is -3.54. The first kappa shape index (κ1) is 14.3. The Kier molecular flexibility index (Phi) is 3.43. The molecule has 0 saturated carbocycles. The van der Waals surface area contributed by atoms with E-state index in [2.05, 4.69) is 0 Å². The van der Waals surface area contributed by atoms with Gasteiger partial charge in [0.1, 0.15) is 0 Å². The van der Waals surface area contributed by atoms with E-state index in [4.69, 9.17) is 0 Å². The van der Waals surface area contributed by atoms with E-state index in [1.54, 1.807) is 42.9 Å². The van der Waals surface area contributed by atoms with Crippen molar-refractivity contribution in [1.29, 1.82) is 0 Å². The highest BCUT2D eigenvalue weighted by Gasteiger charge is 2.22. The Morgan fingerprint density at radius 2 is 1.70 bits per heavy atom. The van der Waals surface area contributed by atoms with Crippen LogP contribution in [0.15, 0.2) is 35.5 Å². The Bertz CT molecular complexity index is 774. The van der Waals surface area contributed by atoms with Gasteiger partial charge in [0, 0.05) is 18.6 Å². The summed E-state index contributed by atoms with van der Waals surface area (Å²) in [5.74, 6) is -1.13. The van der Waals surface area contributed by atoms with Gasteiger partial charge in [-0.2, -0.15) is 0 Å². The number of hydrogen-bond acceptors (Lipinski definition) is 3. The zero-order chi connectivity index (χ0) is 15.1. The molecular formula is C14H15NO4S. The van der Waals surface area contributed by atoms with Crippen molar-refractivity contribution < 1.29 is 18.3 Å². The number of carboxylic acids is 1. The smallest absolute Gasteiger partial charge is 0.336 e. The summed E-state index contributed by atoms with van der Waals surface area (Å²) in [5, 5.41) is 9.20. The van der Waals surface area contributed by atoms with Crippen LogP contribution >= 0.6 is 0 Å². The predicted molar refractivity (Wildman–Crippen MR) is 75.3 cm³/mol. The van der Waals surface area contributed by atoms with Crippen molar-refractivity contribution in [3.8, 4) is 5.69 Å². The monoisotopic (exact) mass is 293 g/mol. The molecule has 0 unspecified atom stereocenters. The first-order valence-electron chi connectivity index (χ1n) is 5.94. The molecule has 0 aliphatic rings. The van der Waals surface area contributed by atoms with Crippen LogP contribution < -0.4 is 0 Å². The molecule has 2 rings (SSSR count). The zero-order valence-corrected chi connectivity index (χ0v) is 12.2. The largest absolute Gasteiger partial charge is 0.478 e. The number of carbonyl (C=O) groups is 1. The second-order valence-electron chi connectivity index (χ2n) is 4.69. The predicted octanol–water partition coefficient (Wildman–Crippen LogP) is 2.20. The number of benzene rings is 1. The quantitative estimate of drug-likeness (QED) is 0.941. The summed E-state index contributed by atoms with van der Waals surface area (Å²) >= 11 is 0. The normalized spacial score (nSPS) is 11.6. The summed E-state index contributed by atoms with van der Waals surface area (Å²) in [6.07, 6.45) is 4.55. The molecule has 0 saturated heterocycles. The van der Waals surface area contributed by atoms with Crippen LogP contribution in [0.5, 0.6) is 0 Å². The molecule has 0 fully saturated rings. The lowest BCUT2D eigenvalue weighted by molar-refractivity contribution is 0.0695. The van der Waals surface area contributed by atoms with E-state index in [0.29, 0.717) is 16.8 Å². The number of hydrogen-bond donors (Lipinski definition) is 1. The second kappa shape index (κ2) is 4.79. The van der Waals surface area contributed by atoms with E-state index in [0.717, 1.165) is 6.26 Å². The third kappa shape index (κ3) is 2.34. The van der Waals surface area contributed by atoms with Crippen LogP contribution in [0, 0.1) is 13.8 Å². The topological polar surface area (TPSA) is 76.4 Å². The summed E-state index contributed by atoms with van der Waals surface area (Å²) in [5.41, 5.74) is 1.72. The maximum atomic E-state index is 12.0. The van der Waals surface area contributed by atoms with E-state index >= 15 is 0 Å².